The minimum atomic E-state index is -3.68. The summed E-state index contributed by atoms with van der Waals surface area (Å²) in [5, 5.41) is 12.2. The molecule has 6 heteroatoms. The quantitative estimate of drug-likeness (QED) is 0.779. The van der Waals surface area contributed by atoms with Crippen molar-refractivity contribution in [1.82, 2.24) is 10.2 Å². The molecule has 0 aliphatic heterocycles. The van der Waals surface area contributed by atoms with Crippen LogP contribution in [0.15, 0.2) is 59.6 Å². The Bertz CT molecular complexity index is 895. The van der Waals surface area contributed by atoms with Crippen LogP contribution in [0.2, 0.25) is 0 Å². The molecule has 0 saturated carbocycles. The summed E-state index contributed by atoms with van der Waals surface area (Å²) in [6, 6.07) is 14.5. The van der Waals surface area contributed by atoms with Crippen molar-refractivity contribution in [1.29, 1.82) is 0 Å². The molecule has 0 atom stereocenters. The lowest BCUT2D eigenvalue weighted by molar-refractivity contribution is 0.598. The van der Waals surface area contributed by atoms with Crippen LogP contribution in [-0.2, 0) is 10.0 Å². The number of nitrogens with one attached hydrogen (secondary N) is 1. The summed E-state index contributed by atoms with van der Waals surface area (Å²) < 4.78 is 22.6. The highest BCUT2D eigenvalue weighted by atomic mass is 32.2. The van der Waals surface area contributed by atoms with Gasteiger partial charge in [-0.25, -0.2) is 13.6 Å². The van der Waals surface area contributed by atoms with Crippen molar-refractivity contribution in [3.63, 3.8) is 0 Å². The molecule has 0 radical (unpaired) electrons. The van der Waals surface area contributed by atoms with Crippen molar-refractivity contribution in [2.75, 3.05) is 0 Å². The van der Waals surface area contributed by atoms with E-state index in [2.05, 4.69) is 10.2 Å². The van der Waals surface area contributed by atoms with Crippen LogP contribution in [0.25, 0.3) is 22.4 Å². The van der Waals surface area contributed by atoms with Gasteiger partial charge in [0.1, 0.15) is 0 Å². The second-order valence-corrected chi connectivity index (χ2v) is 6.64. The number of nitrogens with zero attached hydrogens (tertiary/aromatic N) is 1. The van der Waals surface area contributed by atoms with Crippen LogP contribution in [-0.4, -0.2) is 18.6 Å². The van der Waals surface area contributed by atoms with Gasteiger partial charge in [0, 0.05) is 17.3 Å². The zero-order valence-electron chi connectivity index (χ0n) is 11.9. The number of rotatable bonds is 3. The monoisotopic (exact) mass is 313 g/mol. The highest BCUT2D eigenvalue weighted by Gasteiger charge is 2.12. The third-order valence-corrected chi connectivity index (χ3v) is 4.39. The Morgan fingerprint density at radius 1 is 0.955 bits per heavy atom. The molecule has 0 aliphatic rings. The molecular weight excluding hydrogens is 298 g/mol. The van der Waals surface area contributed by atoms with Crippen LogP contribution in [0, 0.1) is 6.92 Å². The van der Waals surface area contributed by atoms with E-state index >= 15 is 0 Å². The molecule has 0 saturated heterocycles. The van der Waals surface area contributed by atoms with E-state index in [4.69, 9.17) is 5.14 Å². The fourth-order valence-corrected chi connectivity index (χ4v) is 2.78. The molecule has 3 N–H and O–H groups in total. The standard InChI is InChI=1S/C16H15N3O2S/c1-11-2-4-12(5-3-11)15-10-18-19-16(15)13-6-8-14(9-7-13)22(17,20)21/h2-10H,1H3,(H,18,19)(H2,17,20,21). The molecular formula is C16H15N3O2S. The first-order chi connectivity index (χ1) is 10.4. The zero-order valence-corrected chi connectivity index (χ0v) is 12.8. The molecule has 0 aliphatic carbocycles. The lowest BCUT2D eigenvalue weighted by Gasteiger charge is -2.04. The Hall–Kier alpha value is -2.44. The van der Waals surface area contributed by atoms with Crippen LogP contribution in [0.3, 0.4) is 0 Å². The Kier molecular flexibility index (Phi) is 3.56. The van der Waals surface area contributed by atoms with Gasteiger partial charge < -0.3 is 0 Å². The minimum Gasteiger partial charge on any atom is -0.284 e. The van der Waals surface area contributed by atoms with E-state index in [1.165, 1.54) is 17.7 Å². The Morgan fingerprint density at radius 2 is 1.55 bits per heavy atom. The predicted octanol–water partition coefficient (Wildman–Crippen LogP) is 2.70. The summed E-state index contributed by atoms with van der Waals surface area (Å²) in [5.74, 6) is 0. The molecule has 112 valence electrons. The third-order valence-electron chi connectivity index (χ3n) is 3.46. The van der Waals surface area contributed by atoms with Gasteiger partial charge in [0.05, 0.1) is 10.6 Å². The summed E-state index contributed by atoms with van der Waals surface area (Å²) in [7, 11) is -3.68. The molecule has 0 amide bonds. The highest BCUT2D eigenvalue weighted by Crippen LogP contribution is 2.30. The molecule has 5 nitrogen and oxygen atoms in total. The summed E-state index contributed by atoms with van der Waals surface area (Å²) in [6.07, 6.45) is 1.83. The first-order valence-corrected chi connectivity index (χ1v) is 8.24. The normalized spacial score (nSPS) is 11.5. The van der Waals surface area contributed by atoms with Gasteiger partial charge >= 0.3 is 0 Å². The molecule has 1 heterocycles. The Labute approximate surface area is 128 Å². The lowest BCUT2D eigenvalue weighted by atomic mass is 10.0. The van der Waals surface area contributed by atoms with E-state index < -0.39 is 10.0 Å². The number of sulfonamides is 1. The third kappa shape index (κ3) is 2.79. The summed E-state index contributed by atoms with van der Waals surface area (Å²) in [4.78, 5) is 0.0867. The first kappa shape index (κ1) is 14.5. The largest absolute Gasteiger partial charge is 0.284 e. The van der Waals surface area contributed by atoms with Gasteiger partial charge in [-0.05, 0) is 24.6 Å². The molecule has 0 spiro atoms. The topological polar surface area (TPSA) is 88.8 Å². The average Bonchev–Trinajstić information content (AvgIpc) is 2.97. The van der Waals surface area contributed by atoms with E-state index in [-0.39, 0.29) is 4.90 Å². The number of benzene rings is 2. The van der Waals surface area contributed by atoms with E-state index in [0.717, 1.165) is 22.4 Å². The van der Waals surface area contributed by atoms with Crippen LogP contribution < -0.4 is 5.14 Å². The van der Waals surface area contributed by atoms with Crippen molar-refractivity contribution in [3.8, 4) is 22.4 Å². The number of aromatic amines is 1. The SMILES string of the molecule is Cc1ccc(-c2c[nH]nc2-c2ccc(S(N)(=O)=O)cc2)cc1. The van der Waals surface area contributed by atoms with E-state index in [9.17, 15) is 8.42 Å². The van der Waals surface area contributed by atoms with Crippen molar-refractivity contribution in [3.05, 3.63) is 60.3 Å². The van der Waals surface area contributed by atoms with Gasteiger partial charge in [0.15, 0.2) is 0 Å². The smallest absolute Gasteiger partial charge is 0.238 e. The Morgan fingerprint density at radius 3 is 2.14 bits per heavy atom. The number of aryl methyl sites for hydroxylation is 1. The molecule has 0 unspecified atom stereocenters. The van der Waals surface area contributed by atoms with Crippen molar-refractivity contribution in [2.24, 2.45) is 5.14 Å². The van der Waals surface area contributed by atoms with Crippen LogP contribution in [0.5, 0.6) is 0 Å². The summed E-state index contributed by atoms with van der Waals surface area (Å²) >= 11 is 0. The second-order valence-electron chi connectivity index (χ2n) is 5.08. The predicted molar refractivity (Wildman–Crippen MR) is 85.6 cm³/mol. The van der Waals surface area contributed by atoms with Gasteiger partial charge in [0.2, 0.25) is 10.0 Å². The van der Waals surface area contributed by atoms with Crippen LogP contribution >= 0.6 is 0 Å². The molecule has 22 heavy (non-hydrogen) atoms. The van der Waals surface area contributed by atoms with Crippen molar-refractivity contribution < 1.29 is 8.42 Å². The molecule has 0 bridgehead atoms. The number of primary sulfonamides is 1. The van der Waals surface area contributed by atoms with Crippen LogP contribution in [0.4, 0.5) is 0 Å². The van der Waals surface area contributed by atoms with Gasteiger partial charge in [-0.2, -0.15) is 5.10 Å². The lowest BCUT2D eigenvalue weighted by Crippen LogP contribution is -2.11. The number of hydrogen-bond donors (Lipinski definition) is 2. The van der Waals surface area contributed by atoms with Gasteiger partial charge in [-0.15, -0.1) is 0 Å². The molecule has 1 aromatic heterocycles. The highest BCUT2D eigenvalue weighted by molar-refractivity contribution is 7.89. The maximum absolute atomic E-state index is 11.3. The minimum absolute atomic E-state index is 0.0867. The van der Waals surface area contributed by atoms with Crippen molar-refractivity contribution >= 4 is 10.0 Å². The van der Waals surface area contributed by atoms with E-state index in [1.807, 2.05) is 37.4 Å². The van der Waals surface area contributed by atoms with E-state index in [1.54, 1.807) is 12.1 Å². The molecule has 3 rings (SSSR count). The Balaban J connectivity index is 2.03. The summed E-state index contributed by atoms with van der Waals surface area (Å²) in [5.41, 5.74) is 4.79. The van der Waals surface area contributed by atoms with Crippen molar-refractivity contribution in [2.45, 2.75) is 11.8 Å². The summed E-state index contributed by atoms with van der Waals surface area (Å²) in [6.45, 7) is 2.03. The maximum atomic E-state index is 11.3. The molecule has 2 aromatic carbocycles. The van der Waals surface area contributed by atoms with E-state index in [0.29, 0.717) is 0 Å². The second kappa shape index (κ2) is 5.40. The van der Waals surface area contributed by atoms with Gasteiger partial charge in [-0.1, -0.05) is 42.0 Å². The number of hydrogen-bond acceptors (Lipinski definition) is 3. The average molecular weight is 313 g/mol. The first-order valence-electron chi connectivity index (χ1n) is 6.69. The van der Waals surface area contributed by atoms with Gasteiger partial charge in [-0.3, -0.25) is 5.10 Å². The molecule has 3 aromatic rings. The zero-order chi connectivity index (χ0) is 15.7. The number of nitrogens with two attached hydrogens (primary N) is 1. The number of aromatic nitrogens is 2. The fourth-order valence-electron chi connectivity index (χ4n) is 2.27. The number of H-pyrrole nitrogens is 1. The molecule has 0 fully saturated rings. The van der Waals surface area contributed by atoms with Gasteiger partial charge in [0.25, 0.3) is 0 Å². The fraction of sp³-hybridized carbons (Fsp3) is 0.0625. The maximum Gasteiger partial charge on any atom is 0.238 e. The van der Waals surface area contributed by atoms with Crippen LogP contribution in [0.1, 0.15) is 5.56 Å².